The number of urea groups is 1. The fourth-order valence-electron chi connectivity index (χ4n) is 3.82. The van der Waals surface area contributed by atoms with E-state index in [2.05, 4.69) is 10.6 Å². The molecule has 0 spiro atoms. The summed E-state index contributed by atoms with van der Waals surface area (Å²) in [5.74, 6) is -2.15. The second kappa shape index (κ2) is 7.18. The van der Waals surface area contributed by atoms with E-state index < -0.39 is 29.5 Å². The molecule has 0 radical (unpaired) electrons. The summed E-state index contributed by atoms with van der Waals surface area (Å²) in [4.78, 5) is 26.0. The number of benzene rings is 2. The van der Waals surface area contributed by atoms with Crippen LogP contribution in [0.4, 0.5) is 23.7 Å². The highest BCUT2D eigenvalue weighted by molar-refractivity contribution is 5.99. The summed E-state index contributed by atoms with van der Waals surface area (Å²) in [6.07, 6.45) is 1.60. The quantitative estimate of drug-likeness (QED) is 0.822. The third-order valence-corrected chi connectivity index (χ3v) is 5.19. The SMILES string of the molecule is O=C1NCCc2cc(F)c(NC(=O)N3CCCC3c3cc(F)ccc3F)cc21. The molecule has 0 bridgehead atoms. The average molecular weight is 389 g/mol. The normalized spacial score (nSPS) is 18.6. The fraction of sp³-hybridized carbons (Fsp3) is 0.300. The zero-order chi connectivity index (χ0) is 19.8. The van der Waals surface area contributed by atoms with E-state index in [4.69, 9.17) is 0 Å². The van der Waals surface area contributed by atoms with Crippen molar-refractivity contribution in [3.63, 3.8) is 0 Å². The second-order valence-electron chi connectivity index (χ2n) is 6.94. The minimum Gasteiger partial charge on any atom is -0.352 e. The van der Waals surface area contributed by atoms with Gasteiger partial charge < -0.3 is 15.5 Å². The Morgan fingerprint density at radius 3 is 2.79 bits per heavy atom. The van der Waals surface area contributed by atoms with Crippen molar-refractivity contribution in [1.82, 2.24) is 10.2 Å². The van der Waals surface area contributed by atoms with Gasteiger partial charge in [-0.15, -0.1) is 0 Å². The van der Waals surface area contributed by atoms with Crippen molar-refractivity contribution in [3.05, 3.63) is 64.5 Å². The molecule has 0 saturated carbocycles. The molecular weight excluding hydrogens is 371 g/mol. The molecule has 2 aliphatic rings. The first-order valence-electron chi connectivity index (χ1n) is 9.07. The molecule has 1 saturated heterocycles. The first kappa shape index (κ1) is 18.3. The Kier molecular flexibility index (Phi) is 4.70. The van der Waals surface area contributed by atoms with Crippen LogP contribution in [0, 0.1) is 17.5 Å². The summed E-state index contributed by atoms with van der Waals surface area (Å²) in [6, 6.07) is 4.42. The van der Waals surface area contributed by atoms with Gasteiger partial charge in [0, 0.05) is 24.2 Å². The molecule has 2 heterocycles. The topological polar surface area (TPSA) is 61.4 Å². The fourth-order valence-corrected chi connectivity index (χ4v) is 3.82. The summed E-state index contributed by atoms with van der Waals surface area (Å²) in [5, 5.41) is 5.14. The standard InChI is InChI=1S/C20H18F3N3O2/c21-12-3-4-15(22)14(9-12)18-2-1-7-26(18)20(28)25-17-10-13-11(8-16(17)23)5-6-24-19(13)27/h3-4,8-10,18H,1-2,5-7H2,(H,24,27)(H,25,28). The number of fused-ring (bicyclic) bond motifs is 1. The monoisotopic (exact) mass is 389 g/mol. The van der Waals surface area contributed by atoms with Crippen LogP contribution in [-0.4, -0.2) is 29.9 Å². The highest BCUT2D eigenvalue weighted by Gasteiger charge is 2.32. The largest absolute Gasteiger partial charge is 0.352 e. The first-order valence-corrected chi connectivity index (χ1v) is 9.07. The molecule has 2 aromatic rings. The molecule has 0 aromatic heterocycles. The minimum absolute atomic E-state index is 0.0953. The molecule has 4 rings (SSSR count). The number of nitrogens with zero attached hydrogens (tertiary/aromatic N) is 1. The molecule has 8 heteroatoms. The first-order chi connectivity index (χ1) is 13.4. The lowest BCUT2D eigenvalue weighted by Crippen LogP contribution is -2.35. The maximum atomic E-state index is 14.4. The van der Waals surface area contributed by atoms with E-state index in [1.54, 1.807) is 0 Å². The van der Waals surface area contributed by atoms with Crippen molar-refractivity contribution < 1.29 is 22.8 Å². The Morgan fingerprint density at radius 1 is 1.14 bits per heavy atom. The maximum absolute atomic E-state index is 14.4. The van der Waals surface area contributed by atoms with Crippen molar-refractivity contribution in [2.75, 3.05) is 18.4 Å². The predicted molar refractivity (Wildman–Crippen MR) is 96.5 cm³/mol. The van der Waals surface area contributed by atoms with Crippen LogP contribution < -0.4 is 10.6 Å². The van der Waals surface area contributed by atoms with Crippen molar-refractivity contribution in [1.29, 1.82) is 0 Å². The van der Waals surface area contributed by atoms with Gasteiger partial charge in [0.15, 0.2) is 0 Å². The van der Waals surface area contributed by atoms with Crippen LogP contribution in [-0.2, 0) is 6.42 Å². The molecule has 5 nitrogen and oxygen atoms in total. The van der Waals surface area contributed by atoms with Gasteiger partial charge >= 0.3 is 6.03 Å². The van der Waals surface area contributed by atoms with Gasteiger partial charge in [0.2, 0.25) is 0 Å². The van der Waals surface area contributed by atoms with E-state index >= 15 is 0 Å². The molecule has 1 atom stereocenters. The minimum atomic E-state index is -0.644. The Morgan fingerprint density at radius 2 is 1.96 bits per heavy atom. The van der Waals surface area contributed by atoms with Gasteiger partial charge in [-0.2, -0.15) is 0 Å². The van der Waals surface area contributed by atoms with Gasteiger partial charge in [0.1, 0.15) is 17.5 Å². The Labute approximate surface area is 159 Å². The number of likely N-dealkylation sites (tertiary alicyclic amines) is 1. The van der Waals surface area contributed by atoms with Gasteiger partial charge in [0.05, 0.1) is 11.7 Å². The second-order valence-corrected chi connectivity index (χ2v) is 6.94. The van der Waals surface area contributed by atoms with E-state index in [0.29, 0.717) is 43.5 Å². The van der Waals surface area contributed by atoms with Crippen molar-refractivity contribution in [2.45, 2.75) is 25.3 Å². The average Bonchev–Trinajstić information content (AvgIpc) is 3.15. The lowest BCUT2D eigenvalue weighted by atomic mass is 9.99. The number of anilines is 1. The van der Waals surface area contributed by atoms with Gasteiger partial charge in [-0.1, -0.05) is 0 Å². The number of carbonyl (C=O) groups is 2. The number of carbonyl (C=O) groups excluding carboxylic acids is 2. The zero-order valence-electron chi connectivity index (χ0n) is 14.9. The number of amides is 3. The number of halogens is 3. The Balaban J connectivity index is 1.59. The molecule has 2 N–H and O–H groups in total. The van der Waals surface area contributed by atoms with E-state index in [0.717, 1.165) is 18.2 Å². The number of nitrogens with one attached hydrogen (secondary N) is 2. The van der Waals surface area contributed by atoms with E-state index in [1.807, 2.05) is 0 Å². The summed E-state index contributed by atoms with van der Waals surface area (Å²) >= 11 is 0. The molecule has 1 unspecified atom stereocenters. The van der Waals surface area contributed by atoms with Gasteiger partial charge in [-0.05, 0) is 55.2 Å². The van der Waals surface area contributed by atoms with Crippen LogP contribution >= 0.6 is 0 Å². The third kappa shape index (κ3) is 3.30. The van der Waals surface area contributed by atoms with Crippen LogP contribution in [0.1, 0.15) is 40.4 Å². The molecule has 28 heavy (non-hydrogen) atoms. The smallest absolute Gasteiger partial charge is 0.322 e. The molecule has 146 valence electrons. The van der Waals surface area contributed by atoms with Crippen molar-refractivity contribution in [3.8, 4) is 0 Å². The molecule has 0 aliphatic carbocycles. The van der Waals surface area contributed by atoms with Crippen LogP contribution in [0.25, 0.3) is 0 Å². The van der Waals surface area contributed by atoms with Crippen LogP contribution in [0.3, 0.4) is 0 Å². The van der Waals surface area contributed by atoms with E-state index in [-0.39, 0.29) is 17.2 Å². The molecular formula is C20H18F3N3O2. The molecule has 1 fully saturated rings. The van der Waals surface area contributed by atoms with E-state index in [9.17, 15) is 22.8 Å². The molecule has 2 aromatic carbocycles. The molecule has 2 aliphatic heterocycles. The highest BCUT2D eigenvalue weighted by atomic mass is 19.1. The van der Waals surface area contributed by atoms with Crippen molar-refractivity contribution in [2.24, 2.45) is 0 Å². The summed E-state index contributed by atoms with van der Waals surface area (Å²) in [5.41, 5.74) is 0.876. The number of hydrogen-bond acceptors (Lipinski definition) is 2. The lowest BCUT2D eigenvalue weighted by Gasteiger charge is -2.26. The Bertz CT molecular complexity index is 964. The lowest BCUT2D eigenvalue weighted by molar-refractivity contribution is 0.0946. The third-order valence-electron chi connectivity index (χ3n) is 5.19. The van der Waals surface area contributed by atoms with Crippen LogP contribution in [0.2, 0.25) is 0 Å². The van der Waals surface area contributed by atoms with Gasteiger partial charge in [0.25, 0.3) is 5.91 Å². The maximum Gasteiger partial charge on any atom is 0.322 e. The van der Waals surface area contributed by atoms with Crippen molar-refractivity contribution >= 4 is 17.6 Å². The van der Waals surface area contributed by atoms with E-state index in [1.165, 1.54) is 17.0 Å². The zero-order valence-corrected chi connectivity index (χ0v) is 14.9. The number of hydrogen-bond donors (Lipinski definition) is 2. The molecule has 3 amide bonds. The number of rotatable bonds is 2. The summed E-state index contributed by atoms with van der Waals surface area (Å²) < 4.78 is 42.1. The summed E-state index contributed by atoms with van der Waals surface area (Å²) in [6.45, 7) is 0.769. The van der Waals surface area contributed by atoms with Crippen LogP contribution in [0.5, 0.6) is 0 Å². The summed E-state index contributed by atoms with van der Waals surface area (Å²) in [7, 11) is 0. The van der Waals surface area contributed by atoms with Gasteiger partial charge in [-0.3, -0.25) is 4.79 Å². The highest BCUT2D eigenvalue weighted by Crippen LogP contribution is 2.34. The van der Waals surface area contributed by atoms with Gasteiger partial charge in [-0.25, -0.2) is 18.0 Å². The van der Waals surface area contributed by atoms with Crippen LogP contribution in [0.15, 0.2) is 30.3 Å². The Hall–Kier alpha value is -3.03. The predicted octanol–water partition coefficient (Wildman–Crippen LogP) is 3.76.